The zero-order valence-corrected chi connectivity index (χ0v) is 10.2. The molecule has 0 N–H and O–H groups in total. The highest BCUT2D eigenvalue weighted by Gasteiger charge is 2.33. The van der Waals surface area contributed by atoms with Crippen molar-refractivity contribution in [1.29, 1.82) is 0 Å². The summed E-state index contributed by atoms with van der Waals surface area (Å²) < 4.78 is 10.5. The molecule has 0 fully saturated rings. The first-order chi connectivity index (χ1) is 8.79. The Kier molecular flexibility index (Phi) is 2.76. The van der Waals surface area contributed by atoms with Crippen molar-refractivity contribution in [3.8, 4) is 0 Å². The molecule has 0 spiro atoms. The monoisotopic (exact) mass is 242 g/mol. The van der Waals surface area contributed by atoms with E-state index in [-0.39, 0.29) is 11.7 Å². The summed E-state index contributed by atoms with van der Waals surface area (Å²) >= 11 is 0. The Bertz CT molecular complexity index is 583. The lowest BCUT2D eigenvalue weighted by Gasteiger charge is -2.27. The van der Waals surface area contributed by atoms with Gasteiger partial charge in [-0.1, -0.05) is 24.3 Å². The van der Waals surface area contributed by atoms with Gasteiger partial charge in [0.05, 0.1) is 5.92 Å². The van der Waals surface area contributed by atoms with Crippen LogP contribution in [0.1, 0.15) is 33.4 Å². The van der Waals surface area contributed by atoms with Crippen LogP contribution in [-0.4, -0.2) is 12.9 Å². The normalized spacial score (nSPS) is 17.1. The van der Waals surface area contributed by atoms with Crippen LogP contribution in [0, 0.1) is 0 Å². The van der Waals surface area contributed by atoms with Crippen LogP contribution < -0.4 is 0 Å². The Balaban J connectivity index is 1.80. The zero-order valence-electron chi connectivity index (χ0n) is 10.2. The van der Waals surface area contributed by atoms with E-state index in [2.05, 4.69) is 6.07 Å². The van der Waals surface area contributed by atoms with Gasteiger partial charge in [-0.3, -0.25) is 4.79 Å². The fourth-order valence-electron chi connectivity index (χ4n) is 2.39. The van der Waals surface area contributed by atoms with Crippen molar-refractivity contribution in [2.75, 3.05) is 7.11 Å². The molecule has 18 heavy (non-hydrogen) atoms. The first-order valence-corrected chi connectivity index (χ1v) is 5.99. The molecule has 3 rings (SSSR count). The van der Waals surface area contributed by atoms with Crippen molar-refractivity contribution in [3.63, 3.8) is 0 Å². The molecule has 0 saturated carbocycles. The van der Waals surface area contributed by atoms with Crippen molar-refractivity contribution in [1.82, 2.24) is 0 Å². The second-order valence-corrected chi connectivity index (χ2v) is 4.52. The summed E-state index contributed by atoms with van der Waals surface area (Å²) in [5, 5.41) is 0. The van der Waals surface area contributed by atoms with E-state index in [0.717, 1.165) is 12.0 Å². The fraction of sp³-hybridized carbons (Fsp3) is 0.267. The van der Waals surface area contributed by atoms with Crippen LogP contribution in [0.4, 0.5) is 0 Å². The molecule has 1 unspecified atom stereocenters. The van der Waals surface area contributed by atoms with Crippen LogP contribution in [0.3, 0.4) is 0 Å². The Morgan fingerprint density at radius 1 is 1.33 bits per heavy atom. The Hall–Kier alpha value is -1.87. The van der Waals surface area contributed by atoms with Gasteiger partial charge >= 0.3 is 0 Å². The van der Waals surface area contributed by atoms with Crippen LogP contribution in [0.2, 0.25) is 0 Å². The average molecular weight is 242 g/mol. The number of hydrogen-bond donors (Lipinski definition) is 0. The molecule has 1 aliphatic carbocycles. The largest absolute Gasteiger partial charge is 0.455 e. The molecule has 0 aliphatic heterocycles. The molecule has 3 heteroatoms. The third kappa shape index (κ3) is 1.77. The summed E-state index contributed by atoms with van der Waals surface area (Å²) in [6.07, 6.45) is 0.815. The van der Waals surface area contributed by atoms with Gasteiger partial charge in [0.2, 0.25) is 5.78 Å². The predicted molar refractivity (Wildman–Crippen MR) is 66.6 cm³/mol. The van der Waals surface area contributed by atoms with Crippen LogP contribution in [0.5, 0.6) is 0 Å². The number of carbonyl (C=O) groups excluding carboxylic acids is 1. The summed E-state index contributed by atoms with van der Waals surface area (Å²) in [5.74, 6) is 1.15. The maximum atomic E-state index is 12.3. The molecule has 0 bridgehead atoms. The Morgan fingerprint density at radius 3 is 2.94 bits per heavy atom. The third-order valence-electron chi connectivity index (χ3n) is 3.36. The highest BCUT2D eigenvalue weighted by molar-refractivity contribution is 6.00. The van der Waals surface area contributed by atoms with Gasteiger partial charge in [-0.05, 0) is 29.7 Å². The van der Waals surface area contributed by atoms with Gasteiger partial charge in [-0.15, -0.1) is 0 Å². The molecular formula is C15H14O3. The molecule has 2 aromatic rings. The fourth-order valence-corrected chi connectivity index (χ4v) is 2.39. The molecule has 1 aromatic carbocycles. The van der Waals surface area contributed by atoms with E-state index in [4.69, 9.17) is 9.15 Å². The number of Topliss-reactive ketones (excluding diaryl/α,β-unsaturated/α-hetero) is 1. The SMILES string of the molecule is COCc1ccc(C(=O)C2Cc3ccccc32)o1. The second kappa shape index (κ2) is 4.42. The number of benzene rings is 1. The Morgan fingerprint density at radius 2 is 2.17 bits per heavy atom. The van der Waals surface area contributed by atoms with Gasteiger partial charge in [-0.25, -0.2) is 0 Å². The summed E-state index contributed by atoms with van der Waals surface area (Å²) in [4.78, 5) is 12.3. The molecule has 1 aliphatic rings. The maximum Gasteiger partial charge on any atom is 0.205 e. The van der Waals surface area contributed by atoms with E-state index in [9.17, 15) is 4.79 Å². The van der Waals surface area contributed by atoms with E-state index < -0.39 is 0 Å². The van der Waals surface area contributed by atoms with Crippen LogP contribution in [0.15, 0.2) is 40.8 Å². The minimum absolute atomic E-state index is 0.0391. The van der Waals surface area contributed by atoms with E-state index >= 15 is 0 Å². The zero-order chi connectivity index (χ0) is 12.5. The van der Waals surface area contributed by atoms with E-state index in [1.807, 2.05) is 18.2 Å². The van der Waals surface area contributed by atoms with E-state index in [1.165, 1.54) is 5.56 Å². The van der Waals surface area contributed by atoms with Crippen molar-refractivity contribution in [2.45, 2.75) is 18.9 Å². The van der Waals surface area contributed by atoms with Gasteiger partial charge < -0.3 is 9.15 Å². The topological polar surface area (TPSA) is 39.4 Å². The molecule has 0 radical (unpaired) electrons. The lowest BCUT2D eigenvalue weighted by molar-refractivity contribution is 0.0912. The van der Waals surface area contributed by atoms with Gasteiger partial charge in [0.25, 0.3) is 0 Å². The summed E-state index contributed by atoms with van der Waals surface area (Å²) in [6.45, 7) is 0.397. The molecule has 3 nitrogen and oxygen atoms in total. The lowest BCUT2D eigenvalue weighted by atomic mass is 9.75. The first-order valence-electron chi connectivity index (χ1n) is 5.99. The molecule has 1 aromatic heterocycles. The molecule has 1 atom stereocenters. The van der Waals surface area contributed by atoms with Gasteiger partial charge in [0, 0.05) is 7.11 Å². The summed E-state index contributed by atoms with van der Waals surface area (Å²) in [5.41, 5.74) is 2.40. The number of rotatable bonds is 4. The smallest absolute Gasteiger partial charge is 0.205 e. The average Bonchev–Trinajstić information content (AvgIpc) is 2.80. The first kappa shape index (κ1) is 11.2. The second-order valence-electron chi connectivity index (χ2n) is 4.52. The van der Waals surface area contributed by atoms with E-state index in [1.54, 1.807) is 19.2 Å². The predicted octanol–water partition coefficient (Wildman–Crippen LogP) is 2.95. The van der Waals surface area contributed by atoms with Crippen molar-refractivity contribution in [3.05, 3.63) is 59.0 Å². The number of hydrogen-bond acceptors (Lipinski definition) is 3. The molecular weight excluding hydrogens is 228 g/mol. The molecule has 0 saturated heterocycles. The maximum absolute atomic E-state index is 12.3. The molecule has 0 amide bonds. The van der Waals surface area contributed by atoms with Crippen molar-refractivity contribution in [2.24, 2.45) is 0 Å². The minimum Gasteiger partial charge on any atom is -0.455 e. The number of ether oxygens (including phenoxy) is 1. The van der Waals surface area contributed by atoms with Gasteiger partial charge in [0.15, 0.2) is 5.76 Å². The Labute approximate surface area is 105 Å². The molecule has 1 heterocycles. The van der Waals surface area contributed by atoms with Crippen molar-refractivity contribution >= 4 is 5.78 Å². The van der Waals surface area contributed by atoms with Gasteiger partial charge in [0.1, 0.15) is 12.4 Å². The van der Waals surface area contributed by atoms with Crippen LogP contribution >= 0.6 is 0 Å². The number of ketones is 1. The number of carbonyl (C=O) groups is 1. The number of furan rings is 1. The number of fused-ring (bicyclic) bond motifs is 1. The summed E-state index contributed by atoms with van der Waals surface area (Å²) in [7, 11) is 1.60. The highest BCUT2D eigenvalue weighted by atomic mass is 16.5. The van der Waals surface area contributed by atoms with E-state index in [0.29, 0.717) is 18.1 Å². The summed E-state index contributed by atoms with van der Waals surface area (Å²) in [6, 6.07) is 11.6. The van der Waals surface area contributed by atoms with Crippen molar-refractivity contribution < 1.29 is 13.9 Å². The van der Waals surface area contributed by atoms with Crippen LogP contribution in [0.25, 0.3) is 0 Å². The quantitative estimate of drug-likeness (QED) is 0.774. The molecule has 92 valence electrons. The third-order valence-corrected chi connectivity index (χ3v) is 3.36. The lowest BCUT2D eigenvalue weighted by Crippen LogP contribution is -2.24. The van der Waals surface area contributed by atoms with Crippen LogP contribution in [-0.2, 0) is 17.8 Å². The van der Waals surface area contributed by atoms with Gasteiger partial charge in [-0.2, -0.15) is 0 Å². The minimum atomic E-state index is -0.0391. The highest BCUT2D eigenvalue weighted by Crippen LogP contribution is 2.37. The number of methoxy groups -OCH3 is 1. The standard InChI is InChI=1S/C15H14O3/c1-17-9-11-6-7-14(18-11)15(16)13-8-10-4-2-3-5-12(10)13/h2-7,13H,8-9H2,1H3.